The molecule has 1 saturated heterocycles. The van der Waals surface area contributed by atoms with Crippen LogP contribution in [0.4, 0.5) is 23.7 Å². The highest BCUT2D eigenvalue weighted by molar-refractivity contribution is 6.05. The van der Waals surface area contributed by atoms with E-state index < -0.39 is 58.9 Å². The average Bonchev–Trinajstić information content (AvgIpc) is 1.98. The number of ether oxygens (including phenoxy) is 3. The van der Waals surface area contributed by atoms with Crippen molar-refractivity contribution in [3.8, 4) is 11.5 Å². The summed E-state index contributed by atoms with van der Waals surface area (Å²) < 4.78 is 59.4. The number of methoxy groups -OCH3 is 1. The highest BCUT2D eigenvalue weighted by Crippen LogP contribution is 2.54. The first kappa shape index (κ1) is 63.8. The molecule has 20 heteroatoms. The number of rotatable bonds is 17. The number of carbonyl (C=O) groups is 5. The van der Waals surface area contributed by atoms with Crippen LogP contribution in [0.2, 0.25) is 0 Å². The van der Waals surface area contributed by atoms with Gasteiger partial charge in [-0.25, -0.2) is 9.78 Å². The van der Waals surface area contributed by atoms with Gasteiger partial charge in [-0.1, -0.05) is 57.2 Å². The van der Waals surface area contributed by atoms with Crippen LogP contribution in [-0.2, 0) is 44.7 Å². The number of aryl methyl sites for hydroxylation is 1. The third-order valence-electron chi connectivity index (χ3n) is 19.1. The zero-order valence-corrected chi connectivity index (χ0v) is 52.6. The topological polar surface area (TPSA) is 190 Å². The molecule has 17 nitrogen and oxygen atoms in total. The van der Waals surface area contributed by atoms with Crippen LogP contribution in [0.1, 0.15) is 176 Å². The van der Waals surface area contributed by atoms with Crippen molar-refractivity contribution in [2.45, 2.75) is 187 Å². The molecule has 4 heterocycles. The van der Waals surface area contributed by atoms with Crippen molar-refractivity contribution in [2.75, 3.05) is 45.7 Å². The van der Waals surface area contributed by atoms with Gasteiger partial charge in [0.1, 0.15) is 46.6 Å². The number of nitrogens with zero attached hydrogens (tertiary/aromatic N) is 6. The molecule has 3 aliphatic carbocycles. The van der Waals surface area contributed by atoms with E-state index >= 15 is 4.79 Å². The number of hydrogen-bond acceptors (Lipinski definition) is 11. The van der Waals surface area contributed by atoms with Crippen LogP contribution < -0.4 is 25.4 Å². The molecule has 10 rings (SSSR count). The number of pyridine rings is 1. The van der Waals surface area contributed by atoms with Gasteiger partial charge in [0, 0.05) is 44.2 Å². The number of likely N-dealkylation sites (N-methyl/N-ethyl adjacent to an activating group) is 1. The Morgan fingerprint density at radius 3 is 2.30 bits per heavy atom. The Balaban J connectivity index is 0.690. The molecule has 2 saturated carbocycles. The smallest absolute Gasteiger partial charge is 0.433 e. The van der Waals surface area contributed by atoms with Gasteiger partial charge in [0.05, 0.1) is 37.0 Å². The minimum Gasteiger partial charge on any atom is -0.494 e. The molecule has 5 amide bonds. The number of alkyl halides is 3. The van der Waals surface area contributed by atoms with Gasteiger partial charge in [-0.2, -0.15) is 18.3 Å². The van der Waals surface area contributed by atoms with E-state index in [1.165, 1.54) is 56.4 Å². The fourth-order valence-electron chi connectivity index (χ4n) is 14.0. The number of nitrogens with one attached hydrogen (secondary N) is 3. The summed E-state index contributed by atoms with van der Waals surface area (Å²) in [5.74, 6) is 0.463. The molecule has 2 aromatic heterocycles. The number of aromatic nitrogens is 3. The molecule has 88 heavy (non-hydrogen) atoms. The molecule has 2 aliphatic heterocycles. The predicted molar refractivity (Wildman–Crippen MR) is 330 cm³/mol. The lowest BCUT2D eigenvalue weighted by Gasteiger charge is -2.53. The number of carbonyl (C=O) groups excluding carboxylic acids is 5. The number of likely N-dealkylation sites (tertiary alicyclic amines) is 1. The molecule has 3 aromatic carbocycles. The van der Waals surface area contributed by atoms with E-state index in [1.807, 2.05) is 62.0 Å². The zero-order valence-electron chi connectivity index (χ0n) is 52.6. The number of halogens is 3. The van der Waals surface area contributed by atoms with Crippen molar-refractivity contribution in [2.24, 2.45) is 22.7 Å². The normalized spacial score (nSPS) is 21.2. The first-order valence-electron chi connectivity index (χ1n) is 31.6. The molecule has 3 N–H and O–H groups in total. The van der Waals surface area contributed by atoms with Gasteiger partial charge < -0.3 is 40.0 Å². The SMILES string of the molecule is COc1cc2nn(C3CCC(CN4CCC5(CC4)CC(CCCOc4ccc6c(c4)CN(C(=O)[C@@H](NC(=O)[C@H](C)N(C)C(=O)OC(C)(C)C)C(C)(C)C)[C@H](C(=O)N[C@@H]4CCCc7ccccc74)C6)C5)CC3)cc2cc1NC(=O)c1cccc(C(F)(F)F)n1. The van der Waals surface area contributed by atoms with E-state index in [2.05, 4.69) is 38.0 Å². The molecule has 5 aromatic rings. The number of anilines is 1. The summed E-state index contributed by atoms with van der Waals surface area (Å²) in [6.45, 7) is 16.6. The van der Waals surface area contributed by atoms with E-state index in [9.17, 15) is 32.3 Å². The van der Waals surface area contributed by atoms with Crippen molar-refractivity contribution in [1.29, 1.82) is 0 Å². The van der Waals surface area contributed by atoms with Gasteiger partial charge in [0.15, 0.2) is 0 Å². The number of hydrogen-bond donors (Lipinski definition) is 3. The van der Waals surface area contributed by atoms with Gasteiger partial charge in [0.25, 0.3) is 5.91 Å². The maximum absolute atomic E-state index is 15.1. The summed E-state index contributed by atoms with van der Waals surface area (Å²) in [4.78, 5) is 78.8. The lowest BCUT2D eigenvalue weighted by atomic mass is 9.56. The van der Waals surface area contributed by atoms with Crippen LogP contribution in [0.25, 0.3) is 10.9 Å². The molecule has 4 atom stereocenters. The molecular weight excluding hydrogens is 1130 g/mol. The summed E-state index contributed by atoms with van der Waals surface area (Å²) in [5.41, 5.74) is 2.62. The second-order valence-electron chi connectivity index (χ2n) is 27.7. The zero-order chi connectivity index (χ0) is 62.9. The Morgan fingerprint density at radius 2 is 1.59 bits per heavy atom. The molecule has 1 spiro atoms. The second kappa shape index (κ2) is 26.1. The fourth-order valence-corrected chi connectivity index (χ4v) is 14.0. The molecule has 5 aliphatic rings. The highest BCUT2D eigenvalue weighted by Gasteiger charge is 2.47. The van der Waals surface area contributed by atoms with Gasteiger partial charge in [-0.15, -0.1) is 0 Å². The van der Waals surface area contributed by atoms with E-state index in [0.717, 1.165) is 112 Å². The summed E-state index contributed by atoms with van der Waals surface area (Å²) in [6, 6.07) is 18.1. The maximum atomic E-state index is 15.1. The monoisotopic (exact) mass is 1220 g/mol. The quantitative estimate of drug-likeness (QED) is 0.0751. The van der Waals surface area contributed by atoms with Crippen molar-refractivity contribution >= 4 is 46.3 Å². The van der Waals surface area contributed by atoms with Crippen molar-refractivity contribution in [3.05, 3.63) is 113 Å². The number of benzene rings is 3. The Labute approximate surface area is 515 Å². The molecule has 474 valence electrons. The van der Waals surface area contributed by atoms with Crippen LogP contribution in [0.15, 0.2) is 79.0 Å². The summed E-state index contributed by atoms with van der Waals surface area (Å²) >= 11 is 0. The van der Waals surface area contributed by atoms with Crippen molar-refractivity contribution in [3.63, 3.8) is 0 Å². The summed E-state index contributed by atoms with van der Waals surface area (Å²) in [6.07, 6.45) is 10.9. The average molecular weight is 1220 g/mol. The minimum atomic E-state index is -4.67. The third kappa shape index (κ3) is 14.9. The standard InChI is InChI=1S/C68H88F3N9O8/c1-42(77(8)64(85)88-66(5,6)7)60(81)75-59(65(2,3)4)63(84)79-40-47-33-50(27-24-46(47)35-56(79)62(83)73-52-19-12-17-45-16-10-11-18-51(45)52)87-32-14-15-44-37-67(38-44)28-30-78(31-29-67)39-43-22-25-49(26-23-43)80-41-48-34-55(57(86-9)36-54(48)76-80)74-61(82)53-20-13-21-58(72-53)68(69,70)71/h10-11,13,16,18,20-21,24,27,33-34,36,41-44,49,52,56,59H,12,14-15,17,19,22-23,25-26,28-32,35,37-40H2,1-9H3,(H,73,83)(H,74,82)(H,75,81)/t42-,43?,49?,52+,56-,59+/m0/s1. The first-order chi connectivity index (χ1) is 41.7. The van der Waals surface area contributed by atoms with Crippen molar-refractivity contribution in [1.82, 2.24) is 40.1 Å². The molecule has 0 bridgehead atoms. The Kier molecular flexibility index (Phi) is 18.9. The molecular formula is C68H88F3N9O8. The van der Waals surface area contributed by atoms with E-state index in [-0.39, 0.29) is 36.1 Å². The Hall–Kier alpha value is -7.22. The van der Waals surface area contributed by atoms with Crippen molar-refractivity contribution < 1.29 is 51.4 Å². The molecule has 0 radical (unpaired) electrons. The summed E-state index contributed by atoms with van der Waals surface area (Å²) in [5, 5.41) is 14.7. The predicted octanol–water partition coefficient (Wildman–Crippen LogP) is 12.0. The van der Waals surface area contributed by atoms with Gasteiger partial charge in [0.2, 0.25) is 17.7 Å². The maximum Gasteiger partial charge on any atom is 0.433 e. The van der Waals surface area contributed by atoms with Crippen LogP contribution >= 0.6 is 0 Å². The highest BCUT2D eigenvalue weighted by atomic mass is 19.4. The number of amides is 5. The van der Waals surface area contributed by atoms with E-state index in [4.69, 9.17) is 19.3 Å². The molecule has 3 fully saturated rings. The van der Waals surface area contributed by atoms with E-state index in [0.29, 0.717) is 53.0 Å². The van der Waals surface area contributed by atoms with Gasteiger partial charge in [-0.3, -0.25) is 28.8 Å². The minimum absolute atomic E-state index is 0.151. The second-order valence-corrected chi connectivity index (χ2v) is 27.7. The number of piperidine rings is 1. The Bertz CT molecular complexity index is 3350. The lowest BCUT2D eigenvalue weighted by Crippen LogP contribution is -2.62. The first-order valence-corrected chi connectivity index (χ1v) is 31.6. The van der Waals surface area contributed by atoms with Crippen LogP contribution in [0, 0.1) is 22.7 Å². The Morgan fingerprint density at radius 1 is 0.852 bits per heavy atom. The summed E-state index contributed by atoms with van der Waals surface area (Å²) in [7, 11) is 2.97. The largest absolute Gasteiger partial charge is 0.494 e. The third-order valence-corrected chi connectivity index (χ3v) is 19.1. The molecule has 0 unspecified atom stereocenters. The van der Waals surface area contributed by atoms with Gasteiger partial charge >= 0.3 is 12.3 Å². The van der Waals surface area contributed by atoms with Gasteiger partial charge in [-0.05, 0) is 200 Å². The van der Waals surface area contributed by atoms with Crippen LogP contribution in [0.3, 0.4) is 0 Å². The lowest BCUT2D eigenvalue weighted by molar-refractivity contribution is -0.147. The fraction of sp³-hybridized carbons (Fsp3) is 0.574. The number of fused-ring (bicyclic) bond motifs is 3. The van der Waals surface area contributed by atoms with Crippen LogP contribution in [0.5, 0.6) is 11.5 Å². The van der Waals surface area contributed by atoms with Crippen LogP contribution in [-0.4, -0.2) is 123 Å². The van der Waals surface area contributed by atoms with E-state index in [1.54, 1.807) is 44.7 Å².